The van der Waals surface area contributed by atoms with Gasteiger partial charge in [0.2, 0.25) is 0 Å². The molecule has 2 rings (SSSR count). The van der Waals surface area contributed by atoms with E-state index < -0.39 is 0 Å². The Morgan fingerprint density at radius 2 is 1.95 bits per heavy atom. The van der Waals surface area contributed by atoms with Crippen molar-refractivity contribution in [2.75, 3.05) is 7.11 Å². The first-order chi connectivity index (χ1) is 10.2. The summed E-state index contributed by atoms with van der Waals surface area (Å²) >= 11 is 0. The topological polar surface area (TPSA) is 44.8 Å². The van der Waals surface area contributed by atoms with Gasteiger partial charge >= 0.3 is 5.97 Å². The number of allylic oxidation sites excluding steroid dienone is 3. The SMILES string of the molecule is C/C=C/C=C\[C@@H](Oc1ccc(OC)cc1)[C@H]1CCC(=O)O1. The van der Waals surface area contributed by atoms with Crippen molar-refractivity contribution in [3.63, 3.8) is 0 Å². The standard InChI is InChI=1S/C17H20O4/c1-3-4-5-6-15(16-11-12-17(18)21-16)20-14-9-7-13(19-2)8-10-14/h3-10,15-16H,11-12H2,1-2H3/b4-3+,6-5-/t15-,16-/m1/s1. The molecule has 0 saturated carbocycles. The lowest BCUT2D eigenvalue weighted by molar-refractivity contribution is -0.143. The molecule has 0 aliphatic carbocycles. The summed E-state index contributed by atoms with van der Waals surface area (Å²) in [7, 11) is 1.62. The lowest BCUT2D eigenvalue weighted by Gasteiger charge is -2.21. The van der Waals surface area contributed by atoms with Gasteiger partial charge in [-0.1, -0.05) is 18.2 Å². The molecule has 1 aromatic rings. The molecule has 0 spiro atoms. The Morgan fingerprint density at radius 1 is 1.24 bits per heavy atom. The average molecular weight is 288 g/mol. The Labute approximate surface area is 125 Å². The maximum atomic E-state index is 11.3. The largest absolute Gasteiger partial charge is 0.497 e. The molecule has 0 radical (unpaired) electrons. The number of methoxy groups -OCH3 is 1. The summed E-state index contributed by atoms with van der Waals surface area (Å²) in [6, 6.07) is 7.35. The van der Waals surface area contributed by atoms with Gasteiger partial charge < -0.3 is 14.2 Å². The van der Waals surface area contributed by atoms with Gasteiger partial charge in [-0.15, -0.1) is 0 Å². The molecule has 1 heterocycles. The van der Waals surface area contributed by atoms with Gasteiger partial charge in [-0.05, 0) is 43.7 Å². The van der Waals surface area contributed by atoms with Crippen LogP contribution in [0.15, 0.2) is 48.6 Å². The van der Waals surface area contributed by atoms with Gasteiger partial charge in [0.15, 0.2) is 6.10 Å². The number of hydrogen-bond donors (Lipinski definition) is 0. The van der Waals surface area contributed by atoms with E-state index >= 15 is 0 Å². The van der Waals surface area contributed by atoms with E-state index in [-0.39, 0.29) is 18.2 Å². The maximum absolute atomic E-state index is 11.3. The summed E-state index contributed by atoms with van der Waals surface area (Å²) in [6.45, 7) is 1.94. The van der Waals surface area contributed by atoms with Gasteiger partial charge in [0, 0.05) is 6.42 Å². The summed E-state index contributed by atoms with van der Waals surface area (Å²) < 4.78 is 16.4. The predicted octanol–water partition coefficient (Wildman–Crippen LogP) is 3.28. The van der Waals surface area contributed by atoms with Crippen molar-refractivity contribution in [2.24, 2.45) is 0 Å². The minimum Gasteiger partial charge on any atom is -0.497 e. The molecule has 1 aromatic carbocycles. The van der Waals surface area contributed by atoms with E-state index in [2.05, 4.69) is 0 Å². The van der Waals surface area contributed by atoms with Crippen LogP contribution >= 0.6 is 0 Å². The quantitative estimate of drug-likeness (QED) is 0.595. The van der Waals surface area contributed by atoms with Crippen molar-refractivity contribution in [3.8, 4) is 11.5 Å². The number of esters is 1. The van der Waals surface area contributed by atoms with E-state index in [0.717, 1.165) is 5.75 Å². The van der Waals surface area contributed by atoms with E-state index in [1.54, 1.807) is 7.11 Å². The Bertz CT molecular complexity index is 516. The zero-order valence-corrected chi connectivity index (χ0v) is 12.3. The molecule has 0 aromatic heterocycles. The van der Waals surface area contributed by atoms with Gasteiger partial charge in [0.25, 0.3) is 0 Å². The van der Waals surface area contributed by atoms with Gasteiger partial charge in [-0.25, -0.2) is 0 Å². The van der Waals surface area contributed by atoms with Crippen LogP contribution in [-0.2, 0) is 9.53 Å². The van der Waals surface area contributed by atoms with Crippen LogP contribution in [-0.4, -0.2) is 25.3 Å². The van der Waals surface area contributed by atoms with Crippen molar-refractivity contribution in [1.82, 2.24) is 0 Å². The van der Waals surface area contributed by atoms with Crippen LogP contribution in [0.5, 0.6) is 11.5 Å². The summed E-state index contributed by atoms with van der Waals surface area (Å²) in [5, 5.41) is 0. The number of ether oxygens (including phenoxy) is 3. The molecule has 4 heteroatoms. The summed E-state index contributed by atoms with van der Waals surface area (Å²) in [5.41, 5.74) is 0. The number of cyclic esters (lactones) is 1. The highest BCUT2D eigenvalue weighted by atomic mass is 16.6. The highest BCUT2D eigenvalue weighted by molar-refractivity contribution is 5.71. The Hall–Kier alpha value is -2.23. The van der Waals surface area contributed by atoms with Gasteiger partial charge in [0.1, 0.15) is 17.6 Å². The molecule has 0 unspecified atom stereocenters. The monoisotopic (exact) mass is 288 g/mol. The van der Waals surface area contributed by atoms with Crippen LogP contribution in [0.3, 0.4) is 0 Å². The highest BCUT2D eigenvalue weighted by Gasteiger charge is 2.31. The lowest BCUT2D eigenvalue weighted by Crippen LogP contribution is -2.29. The predicted molar refractivity (Wildman–Crippen MR) is 80.5 cm³/mol. The zero-order chi connectivity index (χ0) is 15.1. The Balaban J connectivity index is 2.08. The van der Waals surface area contributed by atoms with E-state index in [1.807, 2.05) is 55.5 Å². The van der Waals surface area contributed by atoms with Crippen LogP contribution < -0.4 is 9.47 Å². The van der Waals surface area contributed by atoms with Crippen LogP contribution in [0.1, 0.15) is 19.8 Å². The highest BCUT2D eigenvalue weighted by Crippen LogP contribution is 2.24. The minimum absolute atomic E-state index is 0.164. The molecular formula is C17H20O4. The Kier molecular flexibility index (Phi) is 5.43. The third-order valence-corrected chi connectivity index (χ3v) is 3.22. The lowest BCUT2D eigenvalue weighted by atomic mass is 10.1. The smallest absolute Gasteiger partial charge is 0.306 e. The van der Waals surface area contributed by atoms with Gasteiger partial charge in [-0.2, -0.15) is 0 Å². The molecule has 0 amide bonds. The Morgan fingerprint density at radius 3 is 2.52 bits per heavy atom. The van der Waals surface area contributed by atoms with Crippen LogP contribution in [0.2, 0.25) is 0 Å². The molecule has 0 N–H and O–H groups in total. The summed E-state index contributed by atoms with van der Waals surface area (Å²) in [6.07, 6.45) is 8.27. The fraction of sp³-hybridized carbons (Fsp3) is 0.353. The van der Waals surface area contributed by atoms with Crippen molar-refractivity contribution in [1.29, 1.82) is 0 Å². The third kappa shape index (κ3) is 4.38. The second kappa shape index (κ2) is 7.53. The fourth-order valence-corrected chi connectivity index (χ4v) is 2.11. The van der Waals surface area contributed by atoms with Crippen molar-refractivity contribution in [2.45, 2.75) is 32.0 Å². The van der Waals surface area contributed by atoms with Crippen molar-refractivity contribution < 1.29 is 19.0 Å². The van der Waals surface area contributed by atoms with Gasteiger partial charge in [0.05, 0.1) is 7.11 Å². The van der Waals surface area contributed by atoms with Crippen LogP contribution in [0.4, 0.5) is 0 Å². The molecule has 1 saturated heterocycles. The minimum atomic E-state index is -0.291. The molecule has 2 atom stereocenters. The van der Waals surface area contributed by atoms with Crippen molar-refractivity contribution >= 4 is 5.97 Å². The first kappa shape index (κ1) is 15.2. The van der Waals surface area contributed by atoms with E-state index in [9.17, 15) is 4.79 Å². The number of benzene rings is 1. The molecule has 1 aliphatic heterocycles. The molecule has 4 nitrogen and oxygen atoms in total. The van der Waals surface area contributed by atoms with E-state index in [4.69, 9.17) is 14.2 Å². The fourth-order valence-electron chi connectivity index (χ4n) is 2.11. The first-order valence-electron chi connectivity index (χ1n) is 7.02. The molecule has 21 heavy (non-hydrogen) atoms. The molecular weight excluding hydrogens is 268 g/mol. The third-order valence-electron chi connectivity index (χ3n) is 3.22. The normalized spacial score (nSPS) is 19.9. The summed E-state index contributed by atoms with van der Waals surface area (Å²) in [5.74, 6) is 1.33. The molecule has 0 bridgehead atoms. The number of rotatable bonds is 6. The summed E-state index contributed by atoms with van der Waals surface area (Å²) in [4.78, 5) is 11.3. The van der Waals surface area contributed by atoms with E-state index in [1.165, 1.54) is 0 Å². The second-order valence-corrected chi connectivity index (χ2v) is 4.74. The maximum Gasteiger partial charge on any atom is 0.306 e. The van der Waals surface area contributed by atoms with Crippen LogP contribution in [0, 0.1) is 0 Å². The van der Waals surface area contributed by atoms with Gasteiger partial charge in [-0.3, -0.25) is 4.79 Å². The zero-order valence-electron chi connectivity index (χ0n) is 12.3. The number of carbonyl (C=O) groups is 1. The molecule has 1 aliphatic rings. The van der Waals surface area contributed by atoms with E-state index in [0.29, 0.717) is 18.6 Å². The second-order valence-electron chi connectivity index (χ2n) is 4.74. The first-order valence-corrected chi connectivity index (χ1v) is 7.02. The average Bonchev–Trinajstić information content (AvgIpc) is 2.93. The van der Waals surface area contributed by atoms with Crippen LogP contribution in [0.25, 0.3) is 0 Å². The molecule has 1 fully saturated rings. The number of carbonyl (C=O) groups excluding carboxylic acids is 1. The number of hydrogen-bond acceptors (Lipinski definition) is 4. The molecule has 112 valence electrons. The van der Waals surface area contributed by atoms with Crippen molar-refractivity contribution in [3.05, 3.63) is 48.6 Å².